The molecule has 2 fully saturated rings. The Labute approximate surface area is 85.9 Å². The molecule has 2 heterocycles. The average molecular weight is 216 g/mol. The van der Waals surface area contributed by atoms with Gasteiger partial charge in [0.15, 0.2) is 0 Å². The second kappa shape index (κ2) is 3.31. The summed E-state index contributed by atoms with van der Waals surface area (Å²) in [6, 6.07) is 0. The largest absolute Gasteiger partial charge is 0.368 e. The summed E-state index contributed by atoms with van der Waals surface area (Å²) in [6.45, 7) is 0. The van der Waals surface area contributed by atoms with E-state index < -0.39 is 22.2 Å². The SMILES string of the molecule is NC(=O)C1(N)CC2CCCC(C1)S2=O. The van der Waals surface area contributed by atoms with Crippen molar-refractivity contribution < 1.29 is 9.00 Å². The maximum absolute atomic E-state index is 11.8. The van der Waals surface area contributed by atoms with Gasteiger partial charge in [0.1, 0.15) is 0 Å². The molecule has 2 aliphatic rings. The fourth-order valence-corrected chi connectivity index (χ4v) is 4.81. The summed E-state index contributed by atoms with van der Waals surface area (Å²) in [5, 5.41) is 0.194. The second-order valence-corrected chi connectivity index (χ2v) is 6.42. The molecule has 14 heavy (non-hydrogen) atoms. The fourth-order valence-electron chi connectivity index (χ4n) is 2.54. The smallest absolute Gasteiger partial charge is 0.237 e. The van der Waals surface area contributed by atoms with Crippen molar-refractivity contribution in [2.45, 2.75) is 48.1 Å². The maximum atomic E-state index is 11.8. The third kappa shape index (κ3) is 1.48. The van der Waals surface area contributed by atoms with Crippen molar-refractivity contribution in [1.29, 1.82) is 0 Å². The number of nitrogens with two attached hydrogens (primary N) is 2. The highest BCUT2D eigenvalue weighted by Crippen LogP contribution is 2.37. The van der Waals surface area contributed by atoms with Crippen molar-refractivity contribution in [3.8, 4) is 0 Å². The molecule has 2 atom stereocenters. The van der Waals surface area contributed by atoms with Crippen LogP contribution < -0.4 is 11.5 Å². The molecule has 0 aliphatic carbocycles. The zero-order chi connectivity index (χ0) is 10.3. The van der Waals surface area contributed by atoms with Gasteiger partial charge in [0, 0.05) is 21.3 Å². The molecule has 2 rings (SSSR count). The van der Waals surface area contributed by atoms with Crippen molar-refractivity contribution in [2.75, 3.05) is 0 Å². The lowest BCUT2D eigenvalue weighted by atomic mass is 9.83. The number of amides is 1. The first-order chi connectivity index (χ1) is 6.53. The van der Waals surface area contributed by atoms with Gasteiger partial charge in [-0.15, -0.1) is 0 Å². The summed E-state index contributed by atoms with van der Waals surface area (Å²) in [7, 11) is -0.787. The average Bonchev–Trinajstić information content (AvgIpc) is 2.07. The van der Waals surface area contributed by atoms with Gasteiger partial charge in [0.05, 0.1) is 5.54 Å². The lowest BCUT2D eigenvalue weighted by Gasteiger charge is -2.42. The van der Waals surface area contributed by atoms with Crippen LogP contribution in [-0.2, 0) is 15.6 Å². The number of primary amides is 1. The molecule has 0 radical (unpaired) electrons. The minimum Gasteiger partial charge on any atom is -0.368 e. The molecule has 0 spiro atoms. The molecule has 2 unspecified atom stereocenters. The van der Waals surface area contributed by atoms with Gasteiger partial charge in [0.2, 0.25) is 5.91 Å². The molecule has 0 saturated carbocycles. The van der Waals surface area contributed by atoms with E-state index in [0.717, 1.165) is 19.3 Å². The van der Waals surface area contributed by atoms with Gasteiger partial charge < -0.3 is 11.5 Å². The predicted octanol–water partition coefficient (Wildman–Crippen LogP) is -0.367. The van der Waals surface area contributed by atoms with Gasteiger partial charge in [-0.2, -0.15) is 0 Å². The number of hydrogen-bond donors (Lipinski definition) is 2. The van der Waals surface area contributed by atoms with Gasteiger partial charge in [-0.05, 0) is 25.7 Å². The normalized spacial score (nSPS) is 47.4. The molecule has 80 valence electrons. The molecule has 5 heteroatoms. The van der Waals surface area contributed by atoms with Crippen molar-refractivity contribution >= 4 is 16.7 Å². The Morgan fingerprint density at radius 3 is 2.21 bits per heavy atom. The van der Waals surface area contributed by atoms with Crippen LogP contribution in [0.1, 0.15) is 32.1 Å². The fraction of sp³-hybridized carbons (Fsp3) is 0.889. The van der Waals surface area contributed by atoms with Crippen LogP contribution in [0.15, 0.2) is 0 Å². The number of hydrogen-bond acceptors (Lipinski definition) is 3. The van der Waals surface area contributed by atoms with Crippen LogP contribution in [0.5, 0.6) is 0 Å². The van der Waals surface area contributed by atoms with Gasteiger partial charge >= 0.3 is 0 Å². The molecule has 0 aromatic heterocycles. The summed E-state index contributed by atoms with van der Waals surface area (Å²) < 4.78 is 11.8. The lowest BCUT2D eigenvalue weighted by Crippen LogP contribution is -2.61. The van der Waals surface area contributed by atoms with Crippen LogP contribution in [0.2, 0.25) is 0 Å². The molecular weight excluding hydrogens is 200 g/mol. The third-order valence-electron chi connectivity index (χ3n) is 3.38. The summed E-state index contributed by atoms with van der Waals surface area (Å²) in [4.78, 5) is 11.2. The number of fused-ring (bicyclic) bond motifs is 2. The summed E-state index contributed by atoms with van der Waals surface area (Å²) in [5.74, 6) is -0.439. The van der Waals surface area contributed by atoms with Crippen molar-refractivity contribution in [3.63, 3.8) is 0 Å². The molecule has 2 aliphatic heterocycles. The molecular formula is C9H16N2O2S. The second-order valence-electron chi connectivity index (χ2n) is 4.43. The van der Waals surface area contributed by atoms with Crippen molar-refractivity contribution in [2.24, 2.45) is 11.5 Å². The van der Waals surface area contributed by atoms with Gasteiger partial charge in [0.25, 0.3) is 0 Å². The summed E-state index contributed by atoms with van der Waals surface area (Å²) in [5.41, 5.74) is 10.3. The molecule has 4 N–H and O–H groups in total. The van der Waals surface area contributed by atoms with E-state index in [-0.39, 0.29) is 10.5 Å². The van der Waals surface area contributed by atoms with Gasteiger partial charge in [-0.25, -0.2) is 0 Å². The first kappa shape index (κ1) is 10.1. The number of carbonyl (C=O) groups is 1. The van der Waals surface area contributed by atoms with Crippen molar-refractivity contribution in [3.05, 3.63) is 0 Å². The summed E-state index contributed by atoms with van der Waals surface area (Å²) in [6.07, 6.45) is 3.97. The zero-order valence-corrected chi connectivity index (χ0v) is 8.89. The monoisotopic (exact) mass is 216 g/mol. The maximum Gasteiger partial charge on any atom is 0.237 e. The van der Waals surface area contributed by atoms with Gasteiger partial charge in [-0.1, -0.05) is 6.42 Å². The van der Waals surface area contributed by atoms with E-state index in [4.69, 9.17) is 11.5 Å². The van der Waals surface area contributed by atoms with E-state index >= 15 is 0 Å². The van der Waals surface area contributed by atoms with Crippen LogP contribution in [0.25, 0.3) is 0 Å². The Kier molecular flexibility index (Phi) is 2.39. The van der Waals surface area contributed by atoms with E-state index in [9.17, 15) is 9.00 Å². The van der Waals surface area contributed by atoms with E-state index in [1.807, 2.05) is 0 Å². The third-order valence-corrected chi connectivity index (χ3v) is 5.50. The topological polar surface area (TPSA) is 86.2 Å². The molecule has 2 bridgehead atoms. The Balaban J connectivity index is 2.22. The molecule has 1 amide bonds. The Morgan fingerprint density at radius 1 is 1.29 bits per heavy atom. The van der Waals surface area contributed by atoms with Crippen LogP contribution in [0.4, 0.5) is 0 Å². The molecule has 0 aromatic rings. The van der Waals surface area contributed by atoms with Crippen LogP contribution >= 0.6 is 0 Å². The Morgan fingerprint density at radius 2 is 1.79 bits per heavy atom. The standard InChI is InChI=1S/C9H16N2O2S/c10-8(12)9(11)4-6-2-1-3-7(5-9)14(6)13/h6-7H,1-5,11H2,(H2,10,12). The minimum atomic E-state index is -0.899. The molecule has 0 aromatic carbocycles. The quantitative estimate of drug-likeness (QED) is 0.627. The molecule has 2 saturated heterocycles. The first-order valence-electron chi connectivity index (χ1n) is 5.01. The van der Waals surface area contributed by atoms with Crippen molar-refractivity contribution in [1.82, 2.24) is 0 Å². The summed E-state index contributed by atoms with van der Waals surface area (Å²) >= 11 is 0. The predicted molar refractivity (Wildman–Crippen MR) is 54.9 cm³/mol. The van der Waals surface area contributed by atoms with E-state index in [0.29, 0.717) is 12.8 Å². The van der Waals surface area contributed by atoms with Crippen LogP contribution in [0, 0.1) is 0 Å². The Hall–Kier alpha value is -0.420. The zero-order valence-electron chi connectivity index (χ0n) is 8.07. The van der Waals surface area contributed by atoms with Gasteiger partial charge in [-0.3, -0.25) is 9.00 Å². The van der Waals surface area contributed by atoms with E-state index in [1.165, 1.54) is 0 Å². The highest BCUT2D eigenvalue weighted by Gasteiger charge is 2.47. The minimum absolute atomic E-state index is 0.0972. The van der Waals surface area contributed by atoms with E-state index in [2.05, 4.69) is 0 Å². The first-order valence-corrected chi connectivity index (χ1v) is 6.29. The highest BCUT2D eigenvalue weighted by atomic mass is 32.2. The Bertz CT molecular complexity index is 277. The highest BCUT2D eigenvalue weighted by molar-refractivity contribution is 7.86. The number of carbonyl (C=O) groups excluding carboxylic acids is 1. The van der Waals surface area contributed by atoms with E-state index in [1.54, 1.807) is 0 Å². The lowest BCUT2D eigenvalue weighted by molar-refractivity contribution is -0.123. The molecule has 4 nitrogen and oxygen atoms in total. The van der Waals surface area contributed by atoms with Crippen LogP contribution in [0.3, 0.4) is 0 Å². The number of rotatable bonds is 1. The van der Waals surface area contributed by atoms with Crippen LogP contribution in [-0.4, -0.2) is 26.2 Å².